The lowest BCUT2D eigenvalue weighted by molar-refractivity contribution is -0.137. The summed E-state index contributed by atoms with van der Waals surface area (Å²) in [4.78, 5) is 36.7. The summed E-state index contributed by atoms with van der Waals surface area (Å²) in [6, 6.07) is 9.70. The van der Waals surface area contributed by atoms with Gasteiger partial charge in [0.05, 0.1) is 26.9 Å². The van der Waals surface area contributed by atoms with Gasteiger partial charge in [0, 0.05) is 6.42 Å². The van der Waals surface area contributed by atoms with Crippen LogP contribution in [0.1, 0.15) is 39.1 Å². The van der Waals surface area contributed by atoms with Gasteiger partial charge in [0.2, 0.25) is 0 Å². The minimum Gasteiger partial charge on any atom is -0.481 e. The van der Waals surface area contributed by atoms with Gasteiger partial charge in [0.15, 0.2) is 0 Å². The summed E-state index contributed by atoms with van der Waals surface area (Å²) >= 11 is 11.9. The minimum atomic E-state index is -0.833. The van der Waals surface area contributed by atoms with Crippen LogP contribution in [0.25, 0.3) is 0 Å². The van der Waals surface area contributed by atoms with E-state index in [-0.39, 0.29) is 27.6 Å². The number of aliphatic carboxylic acids is 1. The maximum atomic E-state index is 12.5. The van der Waals surface area contributed by atoms with Crippen molar-refractivity contribution in [2.45, 2.75) is 19.3 Å². The van der Waals surface area contributed by atoms with Crippen molar-refractivity contribution < 1.29 is 19.5 Å². The van der Waals surface area contributed by atoms with Gasteiger partial charge in [-0.3, -0.25) is 14.4 Å². The van der Waals surface area contributed by atoms with Crippen LogP contribution >= 0.6 is 23.2 Å². The monoisotopic (exact) mass is 377 g/mol. The molecule has 1 aliphatic heterocycles. The maximum absolute atomic E-state index is 12.5. The molecular weight excluding hydrogens is 365 g/mol. The lowest BCUT2D eigenvalue weighted by Gasteiger charge is -2.14. The first-order valence-electron chi connectivity index (χ1n) is 7.57. The van der Waals surface area contributed by atoms with Gasteiger partial charge in [-0.1, -0.05) is 35.3 Å². The topological polar surface area (TPSA) is 74.7 Å². The number of carboxylic acids is 1. The highest BCUT2D eigenvalue weighted by Gasteiger charge is 2.37. The van der Waals surface area contributed by atoms with Gasteiger partial charge in [-0.15, -0.1) is 0 Å². The summed E-state index contributed by atoms with van der Waals surface area (Å²) in [6.07, 6.45) is 1.24. The fraction of sp³-hybridized carbons (Fsp3) is 0.167. The lowest BCUT2D eigenvalue weighted by atomic mass is 10.1. The van der Waals surface area contributed by atoms with E-state index >= 15 is 0 Å². The third-order valence-electron chi connectivity index (χ3n) is 3.98. The van der Waals surface area contributed by atoms with Crippen molar-refractivity contribution in [1.82, 2.24) is 0 Å². The Morgan fingerprint density at radius 1 is 0.960 bits per heavy atom. The molecule has 0 bridgehead atoms. The smallest absolute Gasteiger partial charge is 0.303 e. The van der Waals surface area contributed by atoms with Gasteiger partial charge in [-0.25, -0.2) is 4.90 Å². The number of benzene rings is 2. The molecule has 3 rings (SSSR count). The van der Waals surface area contributed by atoms with Crippen molar-refractivity contribution in [3.05, 3.63) is 63.1 Å². The highest BCUT2D eigenvalue weighted by Crippen LogP contribution is 2.34. The maximum Gasteiger partial charge on any atom is 0.303 e. The summed E-state index contributed by atoms with van der Waals surface area (Å²) < 4.78 is 0. The predicted octanol–water partition coefficient (Wildman–Crippen LogP) is 4.20. The number of carbonyl (C=O) groups excluding carboxylic acids is 2. The van der Waals surface area contributed by atoms with Crippen molar-refractivity contribution in [2.75, 3.05) is 4.90 Å². The van der Waals surface area contributed by atoms with Crippen molar-refractivity contribution >= 4 is 46.7 Å². The average Bonchev–Trinajstić information content (AvgIpc) is 2.80. The number of hydrogen-bond donors (Lipinski definition) is 1. The number of imide groups is 1. The van der Waals surface area contributed by atoms with Crippen LogP contribution in [0.3, 0.4) is 0 Å². The Kier molecular flexibility index (Phi) is 4.79. The number of carboxylic acid groups (broad SMARTS) is 1. The lowest BCUT2D eigenvalue weighted by Crippen LogP contribution is -2.29. The number of amides is 2. The highest BCUT2D eigenvalue weighted by molar-refractivity contribution is 6.44. The van der Waals surface area contributed by atoms with Crippen molar-refractivity contribution in [3.8, 4) is 0 Å². The van der Waals surface area contributed by atoms with E-state index < -0.39 is 17.8 Å². The molecule has 1 aliphatic rings. The number of hydrogen-bond acceptors (Lipinski definition) is 3. The summed E-state index contributed by atoms with van der Waals surface area (Å²) in [7, 11) is 0. The Morgan fingerprint density at radius 3 is 1.96 bits per heavy atom. The summed E-state index contributed by atoms with van der Waals surface area (Å²) in [5, 5.41) is 9.10. The molecule has 0 aliphatic carbocycles. The van der Waals surface area contributed by atoms with Crippen LogP contribution in [-0.4, -0.2) is 22.9 Å². The van der Waals surface area contributed by atoms with E-state index in [1.54, 1.807) is 24.3 Å². The van der Waals surface area contributed by atoms with Crippen molar-refractivity contribution in [3.63, 3.8) is 0 Å². The number of fused-ring (bicyclic) bond motifs is 1. The number of carbonyl (C=O) groups is 3. The van der Waals surface area contributed by atoms with Crippen LogP contribution in [0.2, 0.25) is 10.0 Å². The molecule has 128 valence electrons. The first-order chi connectivity index (χ1) is 11.9. The van der Waals surface area contributed by atoms with Gasteiger partial charge < -0.3 is 5.11 Å². The fourth-order valence-corrected chi connectivity index (χ4v) is 3.05. The molecule has 2 aromatic rings. The van der Waals surface area contributed by atoms with Crippen LogP contribution in [0, 0.1) is 0 Å². The molecular formula is C18H13Cl2NO4. The summed E-state index contributed by atoms with van der Waals surface area (Å²) in [5.74, 6) is -1.73. The van der Waals surface area contributed by atoms with Gasteiger partial charge in [-0.2, -0.15) is 0 Å². The molecule has 25 heavy (non-hydrogen) atoms. The summed E-state index contributed by atoms with van der Waals surface area (Å²) in [5.41, 5.74) is 1.84. The second-order valence-electron chi connectivity index (χ2n) is 5.67. The van der Waals surface area contributed by atoms with E-state index in [1.165, 1.54) is 12.1 Å². The standard InChI is InChI=1S/C18H13Cl2NO4/c19-14-8-12-13(9-15(14)20)18(25)21(17(12)24)11-6-4-10(5-7-11)2-1-3-16(22)23/h4-9H,1-3H2,(H,22,23). The Labute approximate surface area is 153 Å². The molecule has 0 fully saturated rings. The van der Waals surface area contributed by atoms with Gasteiger partial charge in [0.1, 0.15) is 0 Å². The molecule has 0 unspecified atom stereocenters. The predicted molar refractivity (Wildman–Crippen MR) is 94.6 cm³/mol. The van der Waals surface area contributed by atoms with Gasteiger partial charge in [0.25, 0.3) is 11.8 Å². The molecule has 0 spiro atoms. The average molecular weight is 378 g/mol. The summed E-state index contributed by atoms with van der Waals surface area (Å²) in [6.45, 7) is 0. The van der Waals surface area contributed by atoms with E-state index in [4.69, 9.17) is 28.3 Å². The van der Waals surface area contributed by atoms with E-state index in [9.17, 15) is 14.4 Å². The second kappa shape index (κ2) is 6.86. The molecule has 0 atom stereocenters. The Bertz CT molecular complexity index is 836. The third-order valence-corrected chi connectivity index (χ3v) is 4.70. The SMILES string of the molecule is O=C(O)CCCc1ccc(N2C(=O)c3cc(Cl)c(Cl)cc3C2=O)cc1. The van der Waals surface area contributed by atoms with Crippen molar-refractivity contribution in [2.24, 2.45) is 0 Å². The van der Waals surface area contributed by atoms with E-state index in [0.717, 1.165) is 10.5 Å². The normalized spacial score (nSPS) is 13.3. The number of nitrogens with zero attached hydrogens (tertiary/aromatic N) is 1. The molecule has 2 aromatic carbocycles. The molecule has 0 saturated carbocycles. The largest absolute Gasteiger partial charge is 0.481 e. The number of aryl methyl sites for hydroxylation is 1. The zero-order valence-electron chi connectivity index (χ0n) is 13.0. The molecule has 5 nitrogen and oxygen atoms in total. The first kappa shape index (κ1) is 17.5. The van der Waals surface area contributed by atoms with Gasteiger partial charge in [-0.05, 0) is 42.7 Å². The fourth-order valence-electron chi connectivity index (χ4n) is 2.72. The molecule has 7 heteroatoms. The van der Waals surface area contributed by atoms with Crippen LogP contribution in [0.5, 0.6) is 0 Å². The molecule has 0 saturated heterocycles. The van der Waals surface area contributed by atoms with E-state index in [2.05, 4.69) is 0 Å². The zero-order chi connectivity index (χ0) is 18.1. The van der Waals surface area contributed by atoms with Crippen LogP contribution in [0.4, 0.5) is 5.69 Å². The van der Waals surface area contributed by atoms with E-state index in [0.29, 0.717) is 18.5 Å². The quantitative estimate of drug-likeness (QED) is 0.792. The number of rotatable bonds is 5. The Morgan fingerprint density at radius 2 is 1.48 bits per heavy atom. The Hall–Kier alpha value is -2.37. The highest BCUT2D eigenvalue weighted by atomic mass is 35.5. The molecule has 0 aromatic heterocycles. The third kappa shape index (κ3) is 3.38. The minimum absolute atomic E-state index is 0.0989. The molecule has 0 radical (unpaired) electrons. The van der Waals surface area contributed by atoms with Crippen LogP contribution in [-0.2, 0) is 11.2 Å². The molecule has 1 N–H and O–H groups in total. The van der Waals surface area contributed by atoms with E-state index in [1.807, 2.05) is 0 Å². The second-order valence-corrected chi connectivity index (χ2v) is 6.49. The van der Waals surface area contributed by atoms with Crippen molar-refractivity contribution in [1.29, 1.82) is 0 Å². The van der Waals surface area contributed by atoms with Gasteiger partial charge >= 0.3 is 5.97 Å². The van der Waals surface area contributed by atoms with Crippen LogP contribution in [0.15, 0.2) is 36.4 Å². The number of anilines is 1. The number of halogens is 2. The molecule has 1 heterocycles. The Balaban J connectivity index is 1.82. The zero-order valence-corrected chi connectivity index (χ0v) is 14.5. The van der Waals surface area contributed by atoms with Crippen LogP contribution < -0.4 is 4.90 Å². The molecule has 2 amide bonds. The first-order valence-corrected chi connectivity index (χ1v) is 8.32.